The van der Waals surface area contributed by atoms with E-state index in [1.165, 1.54) is 16.4 Å². The van der Waals surface area contributed by atoms with E-state index in [0.717, 1.165) is 23.2 Å². The molecule has 170 valence electrons. The van der Waals surface area contributed by atoms with Gasteiger partial charge in [0.1, 0.15) is 0 Å². The Kier molecular flexibility index (Phi) is 5.87. The number of halogens is 1. The summed E-state index contributed by atoms with van der Waals surface area (Å²) in [5.41, 5.74) is 3.21. The van der Waals surface area contributed by atoms with Crippen molar-refractivity contribution in [3.63, 3.8) is 0 Å². The standard InChI is InChI=1S/C27H28ClN3O2/c1-2-31-24-6-4-3-5-22(24)23-17-21(11-12-25(23)31)29-26(32)18-30-15-13-27(33,14-16-30)19-7-9-20(28)10-8-19/h3-12,17,33H,2,13-16,18H2,1H3,(H,29,32). The second kappa shape index (κ2) is 8.82. The topological polar surface area (TPSA) is 57.5 Å². The molecule has 2 N–H and O–H groups in total. The van der Waals surface area contributed by atoms with Gasteiger partial charge in [0.05, 0.1) is 12.1 Å². The number of aryl methyl sites for hydroxylation is 1. The molecule has 6 heteroatoms. The van der Waals surface area contributed by atoms with Crippen LogP contribution in [0.15, 0.2) is 66.7 Å². The molecule has 1 amide bonds. The molecule has 1 saturated heterocycles. The van der Waals surface area contributed by atoms with E-state index in [2.05, 4.69) is 58.1 Å². The van der Waals surface area contributed by atoms with Crippen LogP contribution in [0.25, 0.3) is 21.8 Å². The van der Waals surface area contributed by atoms with Crippen molar-refractivity contribution in [1.29, 1.82) is 0 Å². The van der Waals surface area contributed by atoms with Gasteiger partial charge in [0.2, 0.25) is 5.91 Å². The summed E-state index contributed by atoms with van der Waals surface area (Å²) in [5, 5.41) is 17.1. The minimum absolute atomic E-state index is 0.0366. The van der Waals surface area contributed by atoms with Gasteiger partial charge < -0.3 is 15.0 Å². The number of anilines is 1. The van der Waals surface area contributed by atoms with Crippen LogP contribution in [0.4, 0.5) is 5.69 Å². The normalized spacial score (nSPS) is 16.3. The summed E-state index contributed by atoms with van der Waals surface area (Å²) in [4.78, 5) is 14.9. The molecular formula is C27H28ClN3O2. The first-order valence-electron chi connectivity index (χ1n) is 11.5. The lowest BCUT2D eigenvalue weighted by atomic mass is 9.84. The highest BCUT2D eigenvalue weighted by molar-refractivity contribution is 6.30. The molecule has 0 radical (unpaired) electrons. The van der Waals surface area contributed by atoms with Crippen LogP contribution in [-0.4, -0.2) is 40.1 Å². The summed E-state index contributed by atoms with van der Waals surface area (Å²) in [7, 11) is 0. The van der Waals surface area contributed by atoms with Gasteiger partial charge in [-0.25, -0.2) is 0 Å². The predicted molar refractivity (Wildman–Crippen MR) is 135 cm³/mol. The van der Waals surface area contributed by atoms with Gasteiger partial charge in [-0.05, 0) is 61.7 Å². The second-order valence-corrected chi connectivity index (χ2v) is 9.29. The van der Waals surface area contributed by atoms with E-state index in [1.807, 2.05) is 30.3 Å². The Hall–Kier alpha value is -2.86. The Bertz CT molecular complexity index is 1300. The Labute approximate surface area is 198 Å². The lowest BCUT2D eigenvalue weighted by Crippen LogP contribution is -2.45. The highest BCUT2D eigenvalue weighted by Gasteiger charge is 2.34. The molecule has 0 saturated carbocycles. The number of benzene rings is 3. The minimum Gasteiger partial charge on any atom is -0.385 e. The zero-order valence-corrected chi connectivity index (χ0v) is 19.5. The van der Waals surface area contributed by atoms with Crippen molar-refractivity contribution in [2.75, 3.05) is 25.0 Å². The molecule has 0 bridgehead atoms. The number of nitrogens with one attached hydrogen (secondary N) is 1. The van der Waals surface area contributed by atoms with Crippen LogP contribution in [0.3, 0.4) is 0 Å². The molecule has 3 aromatic carbocycles. The molecule has 5 rings (SSSR count). The number of amides is 1. The van der Waals surface area contributed by atoms with Crippen LogP contribution in [0.1, 0.15) is 25.3 Å². The highest BCUT2D eigenvalue weighted by atomic mass is 35.5. The molecule has 33 heavy (non-hydrogen) atoms. The summed E-state index contributed by atoms with van der Waals surface area (Å²) in [6, 6.07) is 21.9. The lowest BCUT2D eigenvalue weighted by molar-refractivity contribution is -0.118. The van der Waals surface area contributed by atoms with Crippen molar-refractivity contribution < 1.29 is 9.90 Å². The van der Waals surface area contributed by atoms with E-state index in [4.69, 9.17) is 11.6 Å². The van der Waals surface area contributed by atoms with Crippen molar-refractivity contribution in [2.24, 2.45) is 0 Å². The van der Waals surface area contributed by atoms with Crippen molar-refractivity contribution in [3.8, 4) is 0 Å². The monoisotopic (exact) mass is 461 g/mol. The van der Waals surface area contributed by atoms with Gasteiger partial charge in [0, 0.05) is 52.2 Å². The van der Waals surface area contributed by atoms with Gasteiger partial charge in [0.25, 0.3) is 0 Å². The zero-order chi connectivity index (χ0) is 23.0. The SMILES string of the molecule is CCn1c2ccccc2c2cc(NC(=O)CN3CCC(O)(c4ccc(Cl)cc4)CC3)ccc21. The summed E-state index contributed by atoms with van der Waals surface area (Å²) >= 11 is 5.98. The van der Waals surface area contributed by atoms with Gasteiger partial charge >= 0.3 is 0 Å². The first kappa shape index (κ1) is 22.0. The molecule has 2 heterocycles. The van der Waals surface area contributed by atoms with Gasteiger partial charge in [-0.3, -0.25) is 9.69 Å². The van der Waals surface area contributed by atoms with Gasteiger partial charge in [-0.1, -0.05) is 41.9 Å². The fourth-order valence-corrected chi connectivity index (χ4v) is 5.13. The molecule has 1 fully saturated rings. The number of hydrogen-bond acceptors (Lipinski definition) is 3. The van der Waals surface area contributed by atoms with Crippen LogP contribution < -0.4 is 5.32 Å². The van der Waals surface area contributed by atoms with Crippen molar-refractivity contribution in [2.45, 2.75) is 31.9 Å². The van der Waals surface area contributed by atoms with Gasteiger partial charge in [0.15, 0.2) is 0 Å². The molecule has 0 aliphatic carbocycles. The molecule has 1 aliphatic rings. The van der Waals surface area contributed by atoms with E-state index in [0.29, 0.717) is 37.5 Å². The van der Waals surface area contributed by atoms with Crippen LogP contribution in [0.2, 0.25) is 5.02 Å². The smallest absolute Gasteiger partial charge is 0.238 e. The van der Waals surface area contributed by atoms with E-state index in [1.54, 1.807) is 0 Å². The molecule has 4 aromatic rings. The lowest BCUT2D eigenvalue weighted by Gasteiger charge is -2.38. The molecule has 0 unspecified atom stereocenters. The Balaban J connectivity index is 1.25. The molecule has 0 spiro atoms. The minimum atomic E-state index is -0.865. The average Bonchev–Trinajstić information content (AvgIpc) is 3.14. The molecule has 0 atom stereocenters. The van der Waals surface area contributed by atoms with Crippen LogP contribution >= 0.6 is 11.6 Å². The molecule has 1 aliphatic heterocycles. The number of carbonyl (C=O) groups excluding carboxylic acids is 1. The maximum Gasteiger partial charge on any atom is 0.238 e. The number of aliphatic hydroxyl groups is 1. The zero-order valence-electron chi connectivity index (χ0n) is 18.7. The van der Waals surface area contributed by atoms with E-state index in [-0.39, 0.29) is 5.91 Å². The van der Waals surface area contributed by atoms with Gasteiger partial charge in [-0.2, -0.15) is 0 Å². The number of nitrogens with zero attached hydrogens (tertiary/aromatic N) is 2. The predicted octanol–water partition coefficient (Wildman–Crippen LogP) is 5.39. The third-order valence-corrected chi connectivity index (χ3v) is 7.06. The summed E-state index contributed by atoms with van der Waals surface area (Å²) in [5.74, 6) is -0.0366. The third-order valence-electron chi connectivity index (χ3n) is 6.80. The van der Waals surface area contributed by atoms with Crippen LogP contribution in [0.5, 0.6) is 0 Å². The first-order valence-corrected chi connectivity index (χ1v) is 11.9. The number of likely N-dealkylation sites (tertiary alicyclic amines) is 1. The number of rotatable bonds is 5. The number of aromatic nitrogens is 1. The largest absolute Gasteiger partial charge is 0.385 e. The Morgan fingerprint density at radius 2 is 1.70 bits per heavy atom. The van der Waals surface area contributed by atoms with E-state index >= 15 is 0 Å². The number of fused-ring (bicyclic) bond motifs is 3. The second-order valence-electron chi connectivity index (χ2n) is 8.86. The average molecular weight is 462 g/mol. The number of piperidine rings is 1. The van der Waals surface area contributed by atoms with Crippen LogP contribution in [-0.2, 0) is 16.9 Å². The van der Waals surface area contributed by atoms with Crippen molar-refractivity contribution in [3.05, 3.63) is 77.3 Å². The fourth-order valence-electron chi connectivity index (χ4n) is 5.01. The molecule has 5 nitrogen and oxygen atoms in total. The Morgan fingerprint density at radius 3 is 2.42 bits per heavy atom. The van der Waals surface area contributed by atoms with Crippen molar-refractivity contribution in [1.82, 2.24) is 9.47 Å². The first-order chi connectivity index (χ1) is 16.0. The number of hydrogen-bond donors (Lipinski definition) is 2. The maximum atomic E-state index is 12.8. The number of para-hydroxylation sites is 1. The maximum absolute atomic E-state index is 12.8. The quantitative estimate of drug-likeness (QED) is 0.419. The highest BCUT2D eigenvalue weighted by Crippen LogP contribution is 2.34. The molecular weight excluding hydrogens is 434 g/mol. The van der Waals surface area contributed by atoms with Gasteiger partial charge in [-0.15, -0.1) is 0 Å². The molecule has 1 aromatic heterocycles. The van der Waals surface area contributed by atoms with Crippen molar-refractivity contribution >= 4 is 45.0 Å². The third kappa shape index (κ3) is 4.24. The number of carbonyl (C=O) groups is 1. The summed E-state index contributed by atoms with van der Waals surface area (Å²) in [6.45, 7) is 4.68. The van der Waals surface area contributed by atoms with E-state index in [9.17, 15) is 9.90 Å². The van der Waals surface area contributed by atoms with Crippen LogP contribution in [0, 0.1) is 0 Å². The summed E-state index contributed by atoms with van der Waals surface area (Å²) in [6.07, 6.45) is 1.18. The van der Waals surface area contributed by atoms with E-state index < -0.39 is 5.60 Å². The fraction of sp³-hybridized carbons (Fsp3) is 0.296. The summed E-state index contributed by atoms with van der Waals surface area (Å²) < 4.78 is 2.30. The Morgan fingerprint density at radius 1 is 1.00 bits per heavy atom.